The molecule has 7 heteroatoms. The van der Waals surface area contributed by atoms with Gasteiger partial charge in [0.15, 0.2) is 0 Å². The van der Waals surface area contributed by atoms with Crippen molar-refractivity contribution in [1.29, 1.82) is 0 Å². The van der Waals surface area contributed by atoms with Gasteiger partial charge in [0, 0.05) is 15.8 Å². The summed E-state index contributed by atoms with van der Waals surface area (Å²) in [7, 11) is 1.39. The third-order valence-electron chi connectivity index (χ3n) is 2.98. The summed E-state index contributed by atoms with van der Waals surface area (Å²) in [6, 6.07) is 7.25. The summed E-state index contributed by atoms with van der Waals surface area (Å²) in [6.45, 7) is 3.93. The van der Waals surface area contributed by atoms with Gasteiger partial charge in [-0.1, -0.05) is 24.6 Å². The fourth-order valence-electron chi connectivity index (χ4n) is 1.91. The van der Waals surface area contributed by atoms with Crippen LogP contribution in [-0.2, 0) is 9.53 Å². The first-order valence-corrected chi connectivity index (χ1v) is 8.13. The molecule has 5 nitrogen and oxygen atoms in total. The molecule has 0 spiro atoms. The van der Waals surface area contributed by atoms with Gasteiger partial charge >= 0.3 is 5.97 Å². The maximum absolute atomic E-state index is 11.3. The smallest absolute Gasteiger partial charge is 0.306 e. The summed E-state index contributed by atoms with van der Waals surface area (Å²) in [5.74, 6) is 0.736. The van der Waals surface area contributed by atoms with Gasteiger partial charge in [-0.2, -0.15) is 0 Å². The van der Waals surface area contributed by atoms with Crippen molar-refractivity contribution in [2.75, 3.05) is 7.11 Å². The Morgan fingerprint density at radius 2 is 2.18 bits per heavy atom. The number of aromatic nitrogens is 2. The van der Waals surface area contributed by atoms with Gasteiger partial charge in [-0.05, 0) is 25.1 Å². The molecule has 0 amide bonds. The van der Waals surface area contributed by atoms with E-state index in [1.54, 1.807) is 23.9 Å². The second kappa shape index (κ2) is 7.65. The van der Waals surface area contributed by atoms with E-state index in [9.17, 15) is 4.79 Å². The predicted molar refractivity (Wildman–Crippen MR) is 86.8 cm³/mol. The van der Waals surface area contributed by atoms with Crippen LogP contribution in [0.25, 0.3) is 11.5 Å². The molecule has 1 aromatic heterocycles. The highest BCUT2D eigenvalue weighted by atomic mass is 35.5. The molecular weight excluding hydrogens is 324 g/mol. The number of thioether (sulfide) groups is 1. The Kier molecular flexibility index (Phi) is 5.85. The summed E-state index contributed by atoms with van der Waals surface area (Å²) in [6.07, 6.45) is 0.348. The highest BCUT2D eigenvalue weighted by molar-refractivity contribution is 8.00. The SMILES string of the molecule is COC(=O)C[C@@H](C)S[C@@H](C)c1nnc(-c2cccc(Cl)c2)o1. The molecule has 0 bridgehead atoms. The maximum Gasteiger partial charge on any atom is 0.306 e. The van der Waals surface area contributed by atoms with Gasteiger partial charge in [0.1, 0.15) is 0 Å². The number of benzene rings is 1. The van der Waals surface area contributed by atoms with E-state index in [0.717, 1.165) is 5.56 Å². The van der Waals surface area contributed by atoms with Gasteiger partial charge in [-0.3, -0.25) is 4.79 Å². The number of hydrogen-bond acceptors (Lipinski definition) is 6. The molecule has 118 valence electrons. The normalized spacial score (nSPS) is 13.6. The molecule has 1 heterocycles. The molecule has 0 aliphatic rings. The average molecular weight is 341 g/mol. The molecule has 0 saturated carbocycles. The molecule has 22 heavy (non-hydrogen) atoms. The van der Waals surface area contributed by atoms with Crippen molar-refractivity contribution < 1.29 is 13.9 Å². The fraction of sp³-hybridized carbons (Fsp3) is 0.400. The summed E-state index contributed by atoms with van der Waals surface area (Å²) in [5, 5.41) is 8.83. The largest absolute Gasteiger partial charge is 0.469 e. The van der Waals surface area contributed by atoms with Crippen molar-refractivity contribution in [3.8, 4) is 11.5 Å². The van der Waals surface area contributed by atoms with Crippen molar-refractivity contribution in [2.45, 2.75) is 30.8 Å². The van der Waals surface area contributed by atoms with Crippen LogP contribution in [0.1, 0.15) is 31.4 Å². The van der Waals surface area contributed by atoms with Gasteiger partial charge < -0.3 is 9.15 Å². The summed E-state index contributed by atoms with van der Waals surface area (Å²) < 4.78 is 10.4. The molecule has 0 N–H and O–H groups in total. The maximum atomic E-state index is 11.3. The number of esters is 1. The molecule has 0 aliphatic heterocycles. The Balaban J connectivity index is 2.03. The van der Waals surface area contributed by atoms with Crippen LogP contribution in [0.15, 0.2) is 28.7 Å². The standard InChI is InChI=1S/C15H17ClN2O3S/c1-9(7-13(19)20-3)22-10(2)14-17-18-15(21-14)11-5-4-6-12(16)8-11/h4-6,8-10H,7H2,1-3H3/t9-,10+/m1/s1. The molecule has 0 fully saturated rings. The van der Waals surface area contributed by atoms with Crippen LogP contribution in [0.5, 0.6) is 0 Å². The van der Waals surface area contributed by atoms with Gasteiger partial charge in [-0.25, -0.2) is 0 Å². The van der Waals surface area contributed by atoms with E-state index in [1.807, 2.05) is 26.0 Å². The first-order chi connectivity index (χ1) is 10.5. The number of halogens is 1. The molecule has 2 aromatic rings. The zero-order valence-electron chi connectivity index (χ0n) is 12.6. The lowest BCUT2D eigenvalue weighted by molar-refractivity contribution is -0.140. The van der Waals surface area contributed by atoms with E-state index in [2.05, 4.69) is 14.9 Å². The number of rotatable bonds is 6. The number of nitrogens with zero attached hydrogens (tertiary/aromatic N) is 2. The molecule has 2 rings (SSSR count). The zero-order chi connectivity index (χ0) is 16.1. The third kappa shape index (κ3) is 4.48. The van der Waals surface area contributed by atoms with Crippen LogP contribution >= 0.6 is 23.4 Å². The van der Waals surface area contributed by atoms with Crippen LogP contribution in [0.2, 0.25) is 5.02 Å². The minimum atomic E-state index is -0.225. The Morgan fingerprint density at radius 3 is 2.86 bits per heavy atom. The molecule has 0 saturated heterocycles. The number of carbonyl (C=O) groups excluding carboxylic acids is 1. The van der Waals surface area contributed by atoms with Gasteiger partial charge in [0.2, 0.25) is 11.8 Å². The number of ether oxygens (including phenoxy) is 1. The summed E-state index contributed by atoms with van der Waals surface area (Å²) in [5.41, 5.74) is 0.783. The lowest BCUT2D eigenvalue weighted by Gasteiger charge is -2.13. The molecule has 2 atom stereocenters. The van der Waals surface area contributed by atoms with Gasteiger partial charge in [0.05, 0.1) is 18.8 Å². The number of methoxy groups -OCH3 is 1. The molecule has 0 radical (unpaired) electrons. The topological polar surface area (TPSA) is 65.2 Å². The summed E-state index contributed by atoms with van der Waals surface area (Å²) >= 11 is 7.54. The van der Waals surface area contributed by atoms with Crippen molar-refractivity contribution in [3.63, 3.8) is 0 Å². The Bertz CT molecular complexity index is 647. The highest BCUT2D eigenvalue weighted by Crippen LogP contribution is 2.33. The van der Waals surface area contributed by atoms with E-state index in [4.69, 9.17) is 16.0 Å². The average Bonchev–Trinajstić information content (AvgIpc) is 2.96. The van der Waals surface area contributed by atoms with E-state index in [-0.39, 0.29) is 16.5 Å². The minimum Gasteiger partial charge on any atom is -0.469 e. The van der Waals surface area contributed by atoms with Gasteiger partial charge in [-0.15, -0.1) is 22.0 Å². The lowest BCUT2D eigenvalue weighted by atomic mass is 10.2. The third-order valence-corrected chi connectivity index (χ3v) is 4.45. The minimum absolute atomic E-state index is 0.0138. The second-order valence-corrected chi connectivity index (χ2v) is 7.05. The van der Waals surface area contributed by atoms with E-state index < -0.39 is 0 Å². The molecule has 0 aliphatic carbocycles. The van der Waals surface area contributed by atoms with E-state index in [0.29, 0.717) is 23.2 Å². The van der Waals surface area contributed by atoms with Crippen molar-refractivity contribution in [3.05, 3.63) is 35.2 Å². The second-order valence-electron chi connectivity index (χ2n) is 4.82. The number of hydrogen-bond donors (Lipinski definition) is 0. The quantitative estimate of drug-likeness (QED) is 0.736. The van der Waals surface area contributed by atoms with Crippen molar-refractivity contribution in [2.24, 2.45) is 0 Å². The van der Waals surface area contributed by atoms with Gasteiger partial charge in [0.25, 0.3) is 0 Å². The van der Waals surface area contributed by atoms with Crippen LogP contribution < -0.4 is 0 Å². The Morgan fingerprint density at radius 1 is 1.41 bits per heavy atom. The lowest BCUT2D eigenvalue weighted by Crippen LogP contribution is -2.09. The molecular formula is C15H17ClN2O3S. The van der Waals surface area contributed by atoms with Crippen molar-refractivity contribution >= 4 is 29.3 Å². The monoisotopic (exact) mass is 340 g/mol. The van der Waals surface area contributed by atoms with Crippen LogP contribution in [-0.4, -0.2) is 28.5 Å². The molecule has 1 aromatic carbocycles. The van der Waals surface area contributed by atoms with Crippen molar-refractivity contribution in [1.82, 2.24) is 10.2 Å². The van der Waals surface area contributed by atoms with E-state index >= 15 is 0 Å². The van der Waals surface area contributed by atoms with Crippen LogP contribution in [0.3, 0.4) is 0 Å². The molecule has 0 unspecified atom stereocenters. The zero-order valence-corrected chi connectivity index (χ0v) is 14.1. The first-order valence-electron chi connectivity index (χ1n) is 6.81. The van der Waals surface area contributed by atoms with Crippen LogP contribution in [0, 0.1) is 0 Å². The fourth-order valence-corrected chi connectivity index (χ4v) is 3.24. The van der Waals surface area contributed by atoms with Crippen LogP contribution in [0.4, 0.5) is 0 Å². The van der Waals surface area contributed by atoms with E-state index in [1.165, 1.54) is 7.11 Å². The number of carbonyl (C=O) groups is 1. The Hall–Kier alpha value is -1.53. The first kappa shape index (κ1) is 16.8. The predicted octanol–water partition coefficient (Wildman–Crippen LogP) is 4.14. The highest BCUT2D eigenvalue weighted by Gasteiger charge is 2.20. The summed E-state index contributed by atoms with van der Waals surface area (Å²) in [4.78, 5) is 11.3. The Labute approximate surface area is 138 Å².